The molecular weight excluding hydrogens is 889 g/mol. The number of thiophene rings is 2. The summed E-state index contributed by atoms with van der Waals surface area (Å²) >= 11 is 5.40. The molecule has 0 aliphatic heterocycles. The molecule has 0 fully saturated rings. The maximum absolute atomic E-state index is 6.87. The van der Waals surface area contributed by atoms with E-state index in [0.717, 1.165) is 72.2 Å². The summed E-state index contributed by atoms with van der Waals surface area (Å²) in [7, 11) is 0. The molecule has 8 heteroatoms. The average molecular weight is 921 g/mol. The number of aromatic nitrogens is 4. The summed E-state index contributed by atoms with van der Waals surface area (Å²) in [5, 5.41) is 12.4. The number of pyridine rings is 1. The van der Waals surface area contributed by atoms with E-state index in [9.17, 15) is 0 Å². The van der Waals surface area contributed by atoms with Crippen LogP contribution in [-0.2, 0) is 0 Å². The van der Waals surface area contributed by atoms with Gasteiger partial charge in [0, 0.05) is 95.7 Å². The van der Waals surface area contributed by atoms with Crippen molar-refractivity contribution < 1.29 is 4.42 Å². The fraction of sp³-hybridized carbons (Fsp3) is 0. The number of rotatable bonds is 4. The zero-order chi connectivity index (χ0) is 44.2. The summed E-state index contributed by atoms with van der Waals surface area (Å²) in [5.41, 5.74) is 14.9. The fourth-order valence-electron chi connectivity index (χ4n) is 11.2. The monoisotopic (exact) mass is 920 g/mol. The van der Waals surface area contributed by atoms with E-state index >= 15 is 0 Å². The van der Waals surface area contributed by atoms with Crippen molar-refractivity contribution in [2.24, 2.45) is 0 Å². The number of furan rings is 1. The third kappa shape index (κ3) is 5.08. The van der Waals surface area contributed by atoms with Crippen LogP contribution in [0.15, 0.2) is 198 Å². The highest BCUT2D eigenvalue weighted by molar-refractivity contribution is 7.26. The number of nitrogens with zero attached hydrogens (tertiary/aromatic N) is 4. The van der Waals surface area contributed by atoms with Crippen LogP contribution in [0.3, 0.4) is 0 Å². The Labute approximate surface area is 398 Å². The first-order valence-corrected chi connectivity index (χ1v) is 25.2. The lowest BCUT2D eigenvalue weighted by Crippen LogP contribution is -1.97. The van der Waals surface area contributed by atoms with Gasteiger partial charge in [-0.1, -0.05) is 84.9 Å². The molecule has 16 rings (SSSR count). The van der Waals surface area contributed by atoms with Gasteiger partial charge < -0.3 is 8.98 Å². The normalized spacial score (nSPS) is 12.4. The number of para-hydroxylation sites is 3. The van der Waals surface area contributed by atoms with E-state index in [1.54, 1.807) is 11.3 Å². The predicted octanol–water partition coefficient (Wildman–Crippen LogP) is 17.9. The summed E-state index contributed by atoms with van der Waals surface area (Å²) in [6.45, 7) is 0. The molecule has 16 aromatic rings. The SMILES string of the molecule is c1ccc2c(c1)sc1ccc3c(c4ccccc4n3-c3ccc(-c4cccc5c4oc4cc(-c6ccc7sc8ccc9c(c%10ccccc%10n9-c9ccc%10ncsc%10c9)c8c7c6)ccc45)cn3)c12. The molecule has 7 heterocycles. The maximum atomic E-state index is 6.87. The molecule has 0 radical (unpaired) electrons. The molecule has 0 saturated carbocycles. The first kappa shape index (κ1) is 37.0. The summed E-state index contributed by atoms with van der Waals surface area (Å²) in [6.07, 6.45) is 2.00. The Morgan fingerprint density at radius 3 is 1.87 bits per heavy atom. The van der Waals surface area contributed by atoms with Gasteiger partial charge >= 0.3 is 0 Å². The lowest BCUT2D eigenvalue weighted by molar-refractivity contribution is 0.670. The molecule has 0 saturated heterocycles. The molecule has 0 unspecified atom stereocenters. The van der Waals surface area contributed by atoms with Gasteiger partial charge in [-0.25, -0.2) is 9.97 Å². The second-order valence-corrected chi connectivity index (χ2v) is 20.7. The Bertz CT molecular complexity index is 4810. The van der Waals surface area contributed by atoms with Crippen molar-refractivity contribution in [3.63, 3.8) is 0 Å². The molecule has 5 nitrogen and oxygen atoms in total. The lowest BCUT2D eigenvalue weighted by atomic mass is 9.99. The van der Waals surface area contributed by atoms with Gasteiger partial charge in [-0.15, -0.1) is 34.0 Å². The first-order chi connectivity index (χ1) is 33.7. The van der Waals surface area contributed by atoms with Gasteiger partial charge in [-0.2, -0.15) is 0 Å². The van der Waals surface area contributed by atoms with Crippen LogP contribution in [0.2, 0.25) is 0 Å². The minimum absolute atomic E-state index is 0.866. The Kier molecular flexibility index (Phi) is 7.46. The fourth-order valence-corrected chi connectivity index (χ4v) is 14.1. The van der Waals surface area contributed by atoms with Crippen molar-refractivity contribution in [3.05, 3.63) is 194 Å². The molecule has 7 aromatic heterocycles. The van der Waals surface area contributed by atoms with Crippen molar-refractivity contribution >= 4 is 150 Å². The standard InChI is InChI=1S/C60H32N4OS3/c1-4-13-45-40(8-1)56-47(63(45)36-19-21-44-54(30-36)66-32-62-44)22-25-53-59(56)43-28-33(17-24-51(43)68-53)34-16-20-38-39-12-7-11-37(60(39)65-49(38)29-34)35-18-27-55(61-31-35)64-46-14-5-2-9-41(46)57-48(64)23-26-52-58(57)42-10-3-6-15-50(42)67-52/h1-32H. The molecule has 0 aliphatic rings. The van der Waals surface area contributed by atoms with E-state index < -0.39 is 0 Å². The summed E-state index contributed by atoms with van der Waals surface area (Å²) in [5.74, 6) is 0.885. The third-order valence-corrected chi connectivity index (χ3v) is 17.2. The Hall–Kier alpha value is -8.14. The first-order valence-electron chi connectivity index (χ1n) is 22.7. The molecule has 316 valence electrons. The molecule has 0 bridgehead atoms. The highest BCUT2D eigenvalue weighted by atomic mass is 32.1. The van der Waals surface area contributed by atoms with Crippen molar-refractivity contribution in [2.45, 2.75) is 0 Å². The minimum atomic E-state index is 0.866. The van der Waals surface area contributed by atoms with Crippen LogP contribution in [0.4, 0.5) is 0 Å². The lowest BCUT2D eigenvalue weighted by Gasteiger charge is -2.08. The van der Waals surface area contributed by atoms with Crippen molar-refractivity contribution in [3.8, 4) is 33.8 Å². The molecule has 0 spiro atoms. The molecule has 0 atom stereocenters. The van der Waals surface area contributed by atoms with E-state index in [4.69, 9.17) is 9.40 Å². The van der Waals surface area contributed by atoms with Crippen LogP contribution in [0.1, 0.15) is 0 Å². The highest BCUT2D eigenvalue weighted by Crippen LogP contribution is 2.47. The van der Waals surface area contributed by atoms with Gasteiger partial charge in [0.05, 0.1) is 37.8 Å². The van der Waals surface area contributed by atoms with Gasteiger partial charge in [0.15, 0.2) is 0 Å². The summed E-state index contributed by atoms with van der Waals surface area (Å²) in [6, 6.07) is 66.4. The maximum Gasteiger partial charge on any atom is 0.143 e. The number of fused-ring (bicyclic) bond motifs is 18. The molecule has 0 N–H and O–H groups in total. The zero-order valence-corrected chi connectivity index (χ0v) is 38.3. The molecule has 68 heavy (non-hydrogen) atoms. The number of thiazole rings is 1. The second kappa shape index (κ2) is 13.7. The van der Waals surface area contributed by atoms with Gasteiger partial charge in [-0.3, -0.25) is 4.57 Å². The van der Waals surface area contributed by atoms with Crippen LogP contribution < -0.4 is 0 Å². The van der Waals surface area contributed by atoms with Crippen molar-refractivity contribution in [1.82, 2.24) is 19.1 Å². The van der Waals surface area contributed by atoms with Crippen molar-refractivity contribution in [2.75, 3.05) is 0 Å². The number of hydrogen-bond donors (Lipinski definition) is 0. The Balaban J connectivity index is 0.806. The Morgan fingerprint density at radius 2 is 1.06 bits per heavy atom. The quantitative estimate of drug-likeness (QED) is 0.177. The van der Waals surface area contributed by atoms with Crippen molar-refractivity contribution in [1.29, 1.82) is 0 Å². The largest absolute Gasteiger partial charge is 0.455 e. The average Bonchev–Trinajstić information content (AvgIpc) is 4.25. The Morgan fingerprint density at radius 1 is 0.397 bits per heavy atom. The predicted molar refractivity (Wildman–Crippen MR) is 290 cm³/mol. The molecule has 0 amide bonds. The van der Waals surface area contributed by atoms with Gasteiger partial charge in [0.2, 0.25) is 0 Å². The van der Waals surface area contributed by atoms with Crippen LogP contribution in [0.25, 0.3) is 150 Å². The second-order valence-electron chi connectivity index (χ2n) is 17.7. The smallest absolute Gasteiger partial charge is 0.143 e. The van der Waals surface area contributed by atoms with Gasteiger partial charge in [0.1, 0.15) is 17.0 Å². The molecule has 0 aliphatic carbocycles. The number of hydrogen-bond acceptors (Lipinski definition) is 6. The summed E-state index contributed by atoms with van der Waals surface area (Å²) < 4.78 is 18.0. The summed E-state index contributed by atoms with van der Waals surface area (Å²) in [4.78, 5) is 9.71. The third-order valence-electron chi connectivity index (χ3n) is 14.1. The van der Waals surface area contributed by atoms with Crippen LogP contribution in [0, 0.1) is 0 Å². The van der Waals surface area contributed by atoms with E-state index in [-0.39, 0.29) is 0 Å². The van der Waals surface area contributed by atoms with E-state index in [0.29, 0.717) is 0 Å². The van der Waals surface area contributed by atoms with Crippen LogP contribution in [0.5, 0.6) is 0 Å². The highest BCUT2D eigenvalue weighted by Gasteiger charge is 2.21. The molecular formula is C60H32N4OS3. The molecule has 9 aromatic carbocycles. The number of benzene rings is 9. The van der Waals surface area contributed by atoms with Crippen LogP contribution in [-0.4, -0.2) is 19.1 Å². The van der Waals surface area contributed by atoms with Gasteiger partial charge in [0.25, 0.3) is 0 Å². The minimum Gasteiger partial charge on any atom is -0.455 e. The van der Waals surface area contributed by atoms with E-state index in [1.165, 1.54) is 77.6 Å². The van der Waals surface area contributed by atoms with Gasteiger partial charge in [-0.05, 0) is 108 Å². The zero-order valence-electron chi connectivity index (χ0n) is 35.9. The van der Waals surface area contributed by atoms with E-state index in [1.807, 2.05) is 34.4 Å². The van der Waals surface area contributed by atoms with E-state index in [2.05, 4.69) is 196 Å². The topological polar surface area (TPSA) is 48.8 Å². The van der Waals surface area contributed by atoms with Crippen LogP contribution >= 0.6 is 34.0 Å².